The minimum atomic E-state index is -0.696. The highest BCUT2D eigenvalue weighted by Gasteiger charge is 2.22. The summed E-state index contributed by atoms with van der Waals surface area (Å²) in [4.78, 5) is 24.8. The number of rotatable bonds is 6. The molecule has 1 aliphatic carbocycles. The van der Waals surface area contributed by atoms with Crippen molar-refractivity contribution in [3.63, 3.8) is 0 Å². The van der Waals surface area contributed by atoms with E-state index in [2.05, 4.69) is 15.0 Å². The Morgan fingerprint density at radius 2 is 1.86 bits per heavy atom. The first kappa shape index (κ1) is 17.9. The molecule has 2 heterocycles. The van der Waals surface area contributed by atoms with Crippen LogP contribution in [0.5, 0.6) is 17.4 Å². The summed E-state index contributed by atoms with van der Waals surface area (Å²) in [5.41, 5.74) is 7.99. The Bertz CT molecular complexity index is 991. The van der Waals surface area contributed by atoms with Crippen molar-refractivity contribution in [3.05, 3.63) is 59.9 Å². The standard InChI is InChI=1S/C21H20N4O3/c1-13(19(22)26)27-14-8-10-15(11-9-14)28-21-16-5-4-7-17(16)24-20(25-21)18-6-2-3-12-23-18/h2-3,6,8-13H,4-5,7H2,1H3,(H2,22,26). The third-order valence-electron chi connectivity index (χ3n) is 4.54. The molecule has 28 heavy (non-hydrogen) atoms. The van der Waals surface area contributed by atoms with Gasteiger partial charge in [0.15, 0.2) is 11.9 Å². The molecule has 0 spiro atoms. The highest BCUT2D eigenvalue weighted by Crippen LogP contribution is 2.33. The zero-order valence-corrected chi connectivity index (χ0v) is 15.5. The molecule has 4 rings (SSSR count). The number of hydrogen-bond donors (Lipinski definition) is 1. The summed E-state index contributed by atoms with van der Waals surface area (Å²) in [6.07, 6.45) is 3.86. The summed E-state index contributed by atoms with van der Waals surface area (Å²) in [6, 6.07) is 12.7. The van der Waals surface area contributed by atoms with Crippen LogP contribution in [0.15, 0.2) is 48.7 Å². The number of pyridine rings is 1. The predicted molar refractivity (Wildman–Crippen MR) is 103 cm³/mol. The highest BCUT2D eigenvalue weighted by atomic mass is 16.5. The number of nitrogens with two attached hydrogens (primary N) is 1. The molecule has 0 fully saturated rings. The Balaban J connectivity index is 1.59. The number of aromatic nitrogens is 3. The lowest BCUT2D eigenvalue weighted by molar-refractivity contribution is -0.123. The molecule has 0 radical (unpaired) electrons. The third kappa shape index (κ3) is 3.78. The lowest BCUT2D eigenvalue weighted by Crippen LogP contribution is -2.30. The van der Waals surface area contributed by atoms with E-state index in [4.69, 9.17) is 15.2 Å². The molecule has 0 aliphatic heterocycles. The van der Waals surface area contributed by atoms with Crippen LogP contribution in [0.2, 0.25) is 0 Å². The van der Waals surface area contributed by atoms with E-state index in [1.165, 1.54) is 0 Å². The molecule has 3 aromatic rings. The zero-order chi connectivity index (χ0) is 19.5. The second-order valence-electron chi connectivity index (χ2n) is 6.58. The number of benzene rings is 1. The molecule has 7 heteroatoms. The van der Waals surface area contributed by atoms with Crippen molar-refractivity contribution in [2.45, 2.75) is 32.3 Å². The van der Waals surface area contributed by atoms with Crippen molar-refractivity contribution in [2.75, 3.05) is 0 Å². The van der Waals surface area contributed by atoms with Crippen molar-refractivity contribution >= 4 is 5.91 Å². The topological polar surface area (TPSA) is 100 Å². The van der Waals surface area contributed by atoms with E-state index in [9.17, 15) is 4.79 Å². The molecule has 1 unspecified atom stereocenters. The van der Waals surface area contributed by atoms with E-state index < -0.39 is 12.0 Å². The second kappa shape index (κ2) is 7.64. The number of nitrogens with zero attached hydrogens (tertiary/aromatic N) is 3. The predicted octanol–water partition coefficient (Wildman–Crippen LogP) is 3.07. The van der Waals surface area contributed by atoms with E-state index in [1.54, 1.807) is 37.4 Å². The number of hydrogen-bond acceptors (Lipinski definition) is 6. The van der Waals surface area contributed by atoms with E-state index in [0.29, 0.717) is 28.9 Å². The quantitative estimate of drug-likeness (QED) is 0.710. The Morgan fingerprint density at radius 1 is 1.07 bits per heavy atom. The minimum absolute atomic E-state index is 0.515. The first-order valence-corrected chi connectivity index (χ1v) is 9.15. The molecule has 1 atom stereocenters. The van der Waals surface area contributed by atoms with Gasteiger partial charge < -0.3 is 15.2 Å². The molecule has 1 aromatic carbocycles. The summed E-state index contributed by atoms with van der Waals surface area (Å²) in [5.74, 6) is 1.77. The lowest BCUT2D eigenvalue weighted by atomic mass is 10.2. The summed E-state index contributed by atoms with van der Waals surface area (Å²) < 4.78 is 11.5. The van der Waals surface area contributed by atoms with E-state index >= 15 is 0 Å². The van der Waals surface area contributed by atoms with Crippen LogP contribution in [0.25, 0.3) is 11.5 Å². The van der Waals surface area contributed by atoms with E-state index in [1.807, 2.05) is 18.2 Å². The van der Waals surface area contributed by atoms with Crippen LogP contribution in [0.4, 0.5) is 0 Å². The number of carbonyl (C=O) groups is 1. The molecular weight excluding hydrogens is 356 g/mol. The smallest absolute Gasteiger partial charge is 0.258 e. The van der Waals surface area contributed by atoms with Gasteiger partial charge in [0.25, 0.3) is 5.91 Å². The van der Waals surface area contributed by atoms with Gasteiger partial charge in [0.1, 0.15) is 17.2 Å². The molecule has 0 saturated heterocycles. The molecule has 142 valence electrons. The molecule has 0 bridgehead atoms. The van der Waals surface area contributed by atoms with Gasteiger partial charge in [-0.25, -0.2) is 4.98 Å². The summed E-state index contributed by atoms with van der Waals surface area (Å²) in [7, 11) is 0. The van der Waals surface area contributed by atoms with Gasteiger partial charge in [0.2, 0.25) is 5.88 Å². The molecular formula is C21H20N4O3. The van der Waals surface area contributed by atoms with Gasteiger partial charge in [-0.3, -0.25) is 9.78 Å². The van der Waals surface area contributed by atoms with Gasteiger partial charge in [-0.2, -0.15) is 4.98 Å². The van der Waals surface area contributed by atoms with Gasteiger partial charge in [-0.05, 0) is 62.6 Å². The monoisotopic (exact) mass is 376 g/mol. The van der Waals surface area contributed by atoms with Gasteiger partial charge in [-0.1, -0.05) is 6.07 Å². The van der Waals surface area contributed by atoms with Crippen LogP contribution in [-0.4, -0.2) is 27.0 Å². The van der Waals surface area contributed by atoms with E-state index in [-0.39, 0.29) is 0 Å². The van der Waals surface area contributed by atoms with Gasteiger partial charge in [-0.15, -0.1) is 0 Å². The normalized spacial score (nSPS) is 13.6. The Morgan fingerprint density at radius 3 is 2.57 bits per heavy atom. The number of aryl methyl sites for hydroxylation is 1. The largest absolute Gasteiger partial charge is 0.481 e. The maximum absolute atomic E-state index is 11.1. The highest BCUT2D eigenvalue weighted by molar-refractivity contribution is 5.78. The summed E-state index contributed by atoms with van der Waals surface area (Å²) in [6.45, 7) is 1.61. The molecule has 0 saturated carbocycles. The number of fused-ring (bicyclic) bond motifs is 1. The lowest BCUT2D eigenvalue weighted by Gasteiger charge is -2.13. The van der Waals surface area contributed by atoms with Crippen molar-refractivity contribution < 1.29 is 14.3 Å². The average molecular weight is 376 g/mol. The minimum Gasteiger partial charge on any atom is -0.481 e. The Hall–Kier alpha value is -3.48. The average Bonchev–Trinajstić information content (AvgIpc) is 3.19. The fourth-order valence-electron chi connectivity index (χ4n) is 3.05. The number of primary amides is 1. The number of carbonyl (C=O) groups excluding carboxylic acids is 1. The van der Waals surface area contributed by atoms with Crippen molar-refractivity contribution in [1.29, 1.82) is 0 Å². The SMILES string of the molecule is CC(Oc1ccc(Oc2nc(-c3ccccn3)nc3c2CCC3)cc1)C(N)=O. The van der Waals surface area contributed by atoms with Crippen LogP contribution in [-0.2, 0) is 17.6 Å². The van der Waals surface area contributed by atoms with Crippen molar-refractivity contribution in [2.24, 2.45) is 5.73 Å². The number of amides is 1. The third-order valence-corrected chi connectivity index (χ3v) is 4.54. The van der Waals surface area contributed by atoms with Gasteiger partial charge in [0.05, 0.1) is 5.69 Å². The van der Waals surface area contributed by atoms with Crippen LogP contribution in [0.1, 0.15) is 24.6 Å². The van der Waals surface area contributed by atoms with Gasteiger partial charge >= 0.3 is 0 Å². The molecule has 2 aromatic heterocycles. The molecule has 1 amide bonds. The first-order chi connectivity index (χ1) is 13.6. The van der Waals surface area contributed by atoms with Crippen LogP contribution >= 0.6 is 0 Å². The second-order valence-corrected chi connectivity index (χ2v) is 6.58. The van der Waals surface area contributed by atoms with Crippen LogP contribution in [0.3, 0.4) is 0 Å². The Labute approximate surface area is 162 Å². The maximum atomic E-state index is 11.1. The molecule has 7 nitrogen and oxygen atoms in total. The fourth-order valence-corrected chi connectivity index (χ4v) is 3.05. The zero-order valence-electron chi connectivity index (χ0n) is 15.5. The van der Waals surface area contributed by atoms with Crippen LogP contribution < -0.4 is 15.2 Å². The van der Waals surface area contributed by atoms with Gasteiger partial charge in [0, 0.05) is 11.8 Å². The van der Waals surface area contributed by atoms with Crippen LogP contribution in [0, 0.1) is 0 Å². The van der Waals surface area contributed by atoms with E-state index in [0.717, 1.165) is 30.5 Å². The summed E-state index contributed by atoms with van der Waals surface area (Å²) >= 11 is 0. The Kier molecular flexibility index (Phi) is 4.89. The first-order valence-electron chi connectivity index (χ1n) is 9.15. The van der Waals surface area contributed by atoms with Crippen molar-refractivity contribution in [1.82, 2.24) is 15.0 Å². The summed E-state index contributed by atoms with van der Waals surface area (Å²) in [5, 5.41) is 0. The molecule has 2 N–H and O–H groups in total. The van der Waals surface area contributed by atoms with Crippen molar-refractivity contribution in [3.8, 4) is 28.9 Å². The molecule has 1 aliphatic rings. The number of ether oxygens (including phenoxy) is 2. The maximum Gasteiger partial charge on any atom is 0.258 e. The fraction of sp³-hybridized carbons (Fsp3) is 0.238.